The molecule has 6 N–H and O–H groups in total. The number of likely N-dealkylation sites (N-methyl/N-ethyl adjacent to an activating group) is 1. The van der Waals surface area contributed by atoms with Crippen LogP contribution in [-0.4, -0.2) is 80.8 Å². The number of oxime groups is 1. The molecule has 48 heavy (non-hydrogen) atoms. The molecule has 0 unspecified atom stereocenters. The van der Waals surface area contributed by atoms with Gasteiger partial charge in [-0.05, 0) is 85.7 Å². The van der Waals surface area contributed by atoms with E-state index in [9.17, 15) is 25.2 Å². The van der Waals surface area contributed by atoms with Crippen LogP contribution in [0.3, 0.4) is 0 Å². The van der Waals surface area contributed by atoms with Crippen molar-refractivity contribution in [3.8, 4) is 11.5 Å². The number of aromatic hydroxyl groups is 1. The van der Waals surface area contributed by atoms with Crippen molar-refractivity contribution in [1.82, 2.24) is 15.2 Å². The quantitative estimate of drug-likeness (QED) is 0.109. The number of nitrogens with zero attached hydrogens (tertiary/aromatic N) is 2. The number of fused-ring (bicyclic) bond motifs is 3. The van der Waals surface area contributed by atoms with Gasteiger partial charge in [-0.25, -0.2) is 4.79 Å². The Morgan fingerprint density at radius 1 is 1.10 bits per heavy atom. The maximum atomic E-state index is 13.8. The number of aromatic nitrogens is 1. The number of carbonyl (C=O) groups is 1. The fourth-order valence-electron chi connectivity index (χ4n) is 8.17. The van der Waals surface area contributed by atoms with Crippen molar-refractivity contribution in [2.45, 2.75) is 76.2 Å². The molecule has 0 saturated heterocycles. The third kappa shape index (κ3) is 6.51. The summed E-state index contributed by atoms with van der Waals surface area (Å²) in [7, 11) is 1.67. The van der Waals surface area contributed by atoms with E-state index in [0.29, 0.717) is 30.9 Å². The van der Waals surface area contributed by atoms with Crippen LogP contribution in [0.2, 0.25) is 0 Å². The van der Waals surface area contributed by atoms with Crippen LogP contribution in [0.15, 0.2) is 65.3 Å². The van der Waals surface area contributed by atoms with Crippen molar-refractivity contribution in [3.05, 3.63) is 71.4 Å². The van der Waals surface area contributed by atoms with Gasteiger partial charge >= 0.3 is 6.03 Å². The van der Waals surface area contributed by atoms with Gasteiger partial charge in [0.1, 0.15) is 24.1 Å². The van der Waals surface area contributed by atoms with E-state index in [2.05, 4.69) is 21.5 Å². The molecule has 258 valence electrons. The van der Waals surface area contributed by atoms with E-state index < -0.39 is 17.7 Å². The van der Waals surface area contributed by atoms with Gasteiger partial charge in [-0.15, -0.1) is 0 Å². The fourth-order valence-corrected chi connectivity index (χ4v) is 8.17. The minimum absolute atomic E-state index is 0.0354. The molecule has 1 aromatic heterocycles. The lowest BCUT2D eigenvalue weighted by Gasteiger charge is -2.58. The van der Waals surface area contributed by atoms with Gasteiger partial charge in [0.15, 0.2) is 0 Å². The number of benzene rings is 2. The molecule has 0 bridgehead atoms. The summed E-state index contributed by atoms with van der Waals surface area (Å²) in [4.78, 5) is 24.3. The number of phenols is 1. The molecule has 6 atom stereocenters. The van der Waals surface area contributed by atoms with Crippen LogP contribution in [0.1, 0.15) is 69.0 Å². The van der Waals surface area contributed by atoms with Crippen molar-refractivity contribution in [2.75, 3.05) is 26.9 Å². The van der Waals surface area contributed by atoms with E-state index in [1.165, 1.54) is 4.90 Å². The first-order chi connectivity index (χ1) is 23.3. The number of urea groups is 1. The number of amides is 2. The maximum absolute atomic E-state index is 13.8. The number of para-hydroxylation sites is 1. The Labute approximate surface area is 281 Å². The molecular weight excluding hydrogens is 612 g/mol. The Bertz CT molecular complexity index is 1620. The number of aromatic amines is 1. The number of rotatable bonds is 13. The SMILES string of the molecule is CCON=C1C[C@H](N(C)C(=O)NCc2cc3ccccc3[nH]2)[C@@]2(O)Oc3ccc(O)cc3[C@H]3[C@H](CCCCO)[C@@H](CCCCO)C=C1[C@H]32. The standard InChI is InChI=1S/C37H48N4O7/c1-3-47-40-31-21-33(41(2)36(45)38-22-25-18-24-11-4-5-13-30(24)39-25)37(46)35-28(31)19-23(10-6-8-16-42)27(12-7-9-17-43)34(35)29-20-26(44)14-15-32(29)48-37/h4-5,11,13-15,18-20,23,27,33-35,39,42-44,46H,3,6-10,12,16-17,21-22H2,1-2H3,(H,38,45)/t23-,27+,33-,34+,35+,37+/m0/s1. The Balaban J connectivity index is 1.39. The number of phenolic OH excluding ortho intramolecular Hbond substituents is 1. The van der Waals surface area contributed by atoms with Gasteiger partial charge in [0.2, 0.25) is 5.79 Å². The van der Waals surface area contributed by atoms with Crippen LogP contribution in [0, 0.1) is 17.8 Å². The summed E-state index contributed by atoms with van der Waals surface area (Å²) in [6.45, 7) is 2.69. The number of allylic oxidation sites excluding steroid dienone is 1. The van der Waals surface area contributed by atoms with Gasteiger partial charge in [-0.3, -0.25) is 0 Å². The molecule has 11 nitrogen and oxygen atoms in total. The van der Waals surface area contributed by atoms with Crippen molar-refractivity contribution in [2.24, 2.45) is 22.9 Å². The van der Waals surface area contributed by atoms with Crippen molar-refractivity contribution < 1.29 is 34.8 Å². The number of hydrogen-bond acceptors (Lipinski definition) is 8. The number of aliphatic hydroxyl groups excluding tert-OH is 2. The summed E-state index contributed by atoms with van der Waals surface area (Å²) in [6, 6.07) is 13.7. The number of H-pyrrole nitrogens is 1. The zero-order chi connectivity index (χ0) is 33.8. The van der Waals surface area contributed by atoms with Crippen molar-refractivity contribution >= 4 is 22.6 Å². The lowest BCUT2D eigenvalue weighted by atomic mass is 9.55. The van der Waals surface area contributed by atoms with E-state index >= 15 is 0 Å². The topological polar surface area (TPSA) is 160 Å². The van der Waals surface area contributed by atoms with Crippen LogP contribution < -0.4 is 10.1 Å². The van der Waals surface area contributed by atoms with E-state index in [1.807, 2.05) is 37.3 Å². The average Bonchev–Trinajstić information content (AvgIpc) is 3.51. The van der Waals surface area contributed by atoms with Crippen molar-refractivity contribution in [3.63, 3.8) is 0 Å². The smallest absolute Gasteiger partial charge is 0.317 e. The first kappa shape index (κ1) is 33.8. The highest BCUT2D eigenvalue weighted by atomic mass is 16.6. The molecule has 11 heteroatoms. The minimum Gasteiger partial charge on any atom is -0.508 e. The second kappa shape index (κ2) is 14.6. The van der Waals surface area contributed by atoms with Gasteiger partial charge in [0, 0.05) is 49.4 Å². The second-order valence-electron chi connectivity index (χ2n) is 13.3. The van der Waals surface area contributed by atoms with Crippen molar-refractivity contribution in [1.29, 1.82) is 0 Å². The van der Waals surface area contributed by atoms with Gasteiger partial charge in [-0.1, -0.05) is 42.3 Å². The molecule has 3 aromatic rings. The molecule has 2 aliphatic carbocycles. The summed E-state index contributed by atoms with van der Waals surface area (Å²) in [5, 5.41) is 51.4. The van der Waals surface area contributed by atoms with E-state index in [4.69, 9.17) is 9.57 Å². The number of nitrogens with one attached hydrogen (secondary N) is 2. The zero-order valence-corrected chi connectivity index (χ0v) is 27.8. The molecule has 2 heterocycles. The van der Waals surface area contributed by atoms with E-state index in [-0.39, 0.29) is 55.7 Å². The molecule has 0 radical (unpaired) electrons. The highest BCUT2D eigenvalue weighted by Gasteiger charge is 2.63. The molecule has 6 rings (SSSR count). The minimum atomic E-state index is -1.82. The molecule has 3 aliphatic rings. The highest BCUT2D eigenvalue weighted by Crippen LogP contribution is 2.60. The predicted octanol–water partition coefficient (Wildman–Crippen LogP) is 5.16. The van der Waals surface area contributed by atoms with Crippen LogP contribution in [-0.2, 0) is 11.4 Å². The molecular formula is C37H48N4O7. The van der Waals surface area contributed by atoms with Gasteiger partial charge < -0.3 is 45.2 Å². The summed E-state index contributed by atoms with van der Waals surface area (Å²) < 4.78 is 6.57. The summed E-state index contributed by atoms with van der Waals surface area (Å²) in [6.07, 6.45) is 6.96. The summed E-state index contributed by atoms with van der Waals surface area (Å²) in [5.74, 6) is -2.00. The third-order valence-electron chi connectivity index (χ3n) is 10.4. The molecule has 2 aromatic carbocycles. The molecule has 1 fully saturated rings. The van der Waals surface area contributed by atoms with Crippen LogP contribution in [0.25, 0.3) is 10.9 Å². The van der Waals surface area contributed by atoms with Crippen LogP contribution in [0.5, 0.6) is 11.5 Å². The predicted molar refractivity (Wildman–Crippen MR) is 183 cm³/mol. The Kier molecular flexibility index (Phi) is 10.3. The zero-order valence-electron chi connectivity index (χ0n) is 27.8. The maximum Gasteiger partial charge on any atom is 0.317 e. The Morgan fingerprint density at radius 3 is 2.62 bits per heavy atom. The first-order valence-corrected chi connectivity index (χ1v) is 17.2. The van der Waals surface area contributed by atoms with Gasteiger partial charge in [0.25, 0.3) is 0 Å². The molecule has 2 amide bonds. The molecule has 1 aliphatic heterocycles. The van der Waals surface area contributed by atoms with Crippen LogP contribution >= 0.6 is 0 Å². The van der Waals surface area contributed by atoms with E-state index in [0.717, 1.165) is 53.4 Å². The molecule has 1 saturated carbocycles. The number of hydrogen-bond donors (Lipinski definition) is 6. The Hall–Kier alpha value is -4.06. The second-order valence-corrected chi connectivity index (χ2v) is 13.3. The lowest BCUT2D eigenvalue weighted by molar-refractivity contribution is -0.226. The normalized spacial score (nSPS) is 26.7. The number of unbranched alkanes of at least 4 members (excludes halogenated alkanes) is 2. The lowest BCUT2D eigenvalue weighted by Crippen LogP contribution is -2.69. The molecule has 0 spiro atoms. The Morgan fingerprint density at radius 2 is 1.88 bits per heavy atom. The fraction of sp³-hybridized carbons (Fsp3) is 0.514. The third-order valence-corrected chi connectivity index (χ3v) is 10.4. The summed E-state index contributed by atoms with van der Waals surface area (Å²) >= 11 is 0. The largest absolute Gasteiger partial charge is 0.508 e. The van der Waals surface area contributed by atoms with Gasteiger partial charge in [0.05, 0.1) is 18.2 Å². The number of ether oxygens (including phenoxy) is 1. The average molecular weight is 661 g/mol. The number of carbonyl (C=O) groups excluding carboxylic acids is 1. The summed E-state index contributed by atoms with van der Waals surface area (Å²) in [5.41, 5.74) is 4.14. The van der Waals surface area contributed by atoms with Crippen LogP contribution in [0.4, 0.5) is 4.79 Å². The van der Waals surface area contributed by atoms with E-state index in [1.54, 1.807) is 25.2 Å². The number of aliphatic hydroxyl groups is 3. The first-order valence-electron chi connectivity index (χ1n) is 17.2. The van der Waals surface area contributed by atoms with Gasteiger partial charge in [-0.2, -0.15) is 0 Å². The highest BCUT2D eigenvalue weighted by molar-refractivity contribution is 6.03. The monoisotopic (exact) mass is 660 g/mol.